The number of nitrogens with one attached hydrogen (secondary N) is 1. The Labute approximate surface area is 104 Å². The van der Waals surface area contributed by atoms with Gasteiger partial charge in [0, 0.05) is 23.9 Å². The van der Waals surface area contributed by atoms with Crippen LogP contribution in [-0.2, 0) is 6.42 Å². The van der Waals surface area contributed by atoms with Gasteiger partial charge in [0.25, 0.3) is 0 Å². The van der Waals surface area contributed by atoms with Crippen LogP contribution >= 0.6 is 0 Å². The van der Waals surface area contributed by atoms with E-state index in [4.69, 9.17) is 5.84 Å². The van der Waals surface area contributed by atoms with Crippen molar-refractivity contribution in [1.82, 2.24) is 10.4 Å². The van der Waals surface area contributed by atoms with Crippen LogP contribution in [-0.4, -0.2) is 11.0 Å². The molecular weight excluding hydrogens is 210 g/mol. The molecule has 3 unspecified atom stereocenters. The zero-order valence-corrected chi connectivity index (χ0v) is 10.8. The van der Waals surface area contributed by atoms with Gasteiger partial charge in [0.05, 0.1) is 0 Å². The molecule has 0 aliphatic heterocycles. The van der Waals surface area contributed by atoms with Gasteiger partial charge in [-0.05, 0) is 36.8 Å². The molecule has 3 N–H and O–H groups in total. The van der Waals surface area contributed by atoms with Gasteiger partial charge in [0.2, 0.25) is 0 Å². The van der Waals surface area contributed by atoms with Crippen LogP contribution in [0.2, 0.25) is 0 Å². The normalized spacial score (nSPS) is 22.9. The number of rotatable bonds is 4. The zero-order valence-electron chi connectivity index (χ0n) is 10.8. The lowest BCUT2D eigenvalue weighted by Crippen LogP contribution is -2.45. The third kappa shape index (κ3) is 2.50. The van der Waals surface area contributed by atoms with Crippen molar-refractivity contribution in [3.8, 4) is 0 Å². The third-order valence-electron chi connectivity index (χ3n) is 4.12. The predicted octanol–water partition coefficient (Wildman–Crippen LogP) is 2.38. The number of hydrogen-bond acceptors (Lipinski definition) is 3. The number of nitrogens with two attached hydrogens (primary N) is 1. The van der Waals surface area contributed by atoms with Crippen LogP contribution in [0.3, 0.4) is 0 Å². The van der Waals surface area contributed by atoms with Crippen LogP contribution in [0.15, 0.2) is 18.3 Å². The van der Waals surface area contributed by atoms with Crippen molar-refractivity contribution in [2.75, 3.05) is 0 Å². The number of aryl methyl sites for hydroxylation is 1. The summed E-state index contributed by atoms with van der Waals surface area (Å²) in [5, 5.41) is 0. The molecule has 0 radical (unpaired) electrons. The molecule has 0 spiro atoms. The van der Waals surface area contributed by atoms with Gasteiger partial charge in [-0.1, -0.05) is 26.3 Å². The molecule has 1 aliphatic carbocycles. The van der Waals surface area contributed by atoms with Crippen LogP contribution < -0.4 is 11.3 Å². The summed E-state index contributed by atoms with van der Waals surface area (Å²) >= 11 is 0. The maximum absolute atomic E-state index is 5.76. The molecule has 0 bridgehead atoms. The highest BCUT2D eigenvalue weighted by atomic mass is 15.2. The molecule has 0 fully saturated rings. The van der Waals surface area contributed by atoms with Gasteiger partial charge in [0.1, 0.15) is 0 Å². The predicted molar refractivity (Wildman–Crippen MR) is 70.5 cm³/mol. The average molecular weight is 233 g/mol. The number of aromatic nitrogens is 1. The first-order valence-electron chi connectivity index (χ1n) is 6.67. The summed E-state index contributed by atoms with van der Waals surface area (Å²) in [5.74, 6) is 6.81. The van der Waals surface area contributed by atoms with E-state index in [0.29, 0.717) is 17.9 Å². The molecule has 1 aromatic heterocycles. The van der Waals surface area contributed by atoms with Crippen molar-refractivity contribution in [3.63, 3.8) is 0 Å². The van der Waals surface area contributed by atoms with Crippen LogP contribution in [0.4, 0.5) is 0 Å². The first-order valence-corrected chi connectivity index (χ1v) is 6.67. The number of fused-ring (bicyclic) bond motifs is 1. The van der Waals surface area contributed by atoms with Crippen molar-refractivity contribution in [1.29, 1.82) is 0 Å². The summed E-state index contributed by atoms with van der Waals surface area (Å²) < 4.78 is 0. The number of hydrogen-bond donors (Lipinski definition) is 2. The van der Waals surface area contributed by atoms with Crippen LogP contribution in [0.25, 0.3) is 0 Å². The van der Waals surface area contributed by atoms with Gasteiger partial charge < -0.3 is 0 Å². The lowest BCUT2D eigenvalue weighted by molar-refractivity contribution is 0.295. The molecule has 1 aromatic rings. The van der Waals surface area contributed by atoms with E-state index in [-0.39, 0.29) is 0 Å². The van der Waals surface area contributed by atoms with Gasteiger partial charge in [-0.3, -0.25) is 16.3 Å². The smallest absolute Gasteiger partial charge is 0.0482 e. The quantitative estimate of drug-likeness (QED) is 0.620. The standard InChI is InChI=1S/C14H23N3/c1-3-10(2)13(17-15)12-8-4-6-11-7-5-9-16-14(11)12/h5,7,9-10,12-13,17H,3-4,6,8,15H2,1-2H3. The molecule has 0 amide bonds. The second kappa shape index (κ2) is 5.61. The SMILES string of the molecule is CCC(C)C(NN)C1CCCc2cccnc21. The summed E-state index contributed by atoms with van der Waals surface area (Å²) in [6.07, 6.45) is 6.66. The molecule has 2 rings (SSSR count). The first-order chi connectivity index (χ1) is 8.27. The third-order valence-corrected chi connectivity index (χ3v) is 4.12. The first kappa shape index (κ1) is 12.5. The zero-order chi connectivity index (χ0) is 12.3. The van der Waals surface area contributed by atoms with Gasteiger partial charge in [0.15, 0.2) is 0 Å². The summed E-state index contributed by atoms with van der Waals surface area (Å²) in [5.41, 5.74) is 5.70. The maximum atomic E-state index is 5.76. The molecule has 3 heteroatoms. The van der Waals surface area contributed by atoms with Gasteiger partial charge >= 0.3 is 0 Å². The van der Waals surface area contributed by atoms with E-state index >= 15 is 0 Å². The van der Waals surface area contributed by atoms with Gasteiger partial charge in [-0.25, -0.2) is 0 Å². The molecule has 3 nitrogen and oxygen atoms in total. The lowest BCUT2D eigenvalue weighted by Gasteiger charge is -2.34. The highest BCUT2D eigenvalue weighted by Crippen LogP contribution is 2.35. The fourth-order valence-electron chi connectivity index (χ4n) is 2.93. The number of nitrogens with zero attached hydrogens (tertiary/aromatic N) is 1. The molecule has 0 saturated heterocycles. The summed E-state index contributed by atoms with van der Waals surface area (Å²) in [4.78, 5) is 4.59. The Morgan fingerprint density at radius 2 is 2.41 bits per heavy atom. The van der Waals surface area contributed by atoms with E-state index < -0.39 is 0 Å². The molecule has 17 heavy (non-hydrogen) atoms. The fraction of sp³-hybridized carbons (Fsp3) is 0.643. The largest absolute Gasteiger partial charge is 0.271 e. The maximum Gasteiger partial charge on any atom is 0.0482 e. The van der Waals surface area contributed by atoms with Crippen LogP contribution in [0.1, 0.15) is 50.3 Å². The Balaban J connectivity index is 2.27. The van der Waals surface area contributed by atoms with Crippen molar-refractivity contribution in [3.05, 3.63) is 29.6 Å². The Hall–Kier alpha value is -0.930. The molecule has 0 saturated carbocycles. The molecule has 1 heterocycles. The Morgan fingerprint density at radius 1 is 1.59 bits per heavy atom. The van der Waals surface area contributed by atoms with Crippen LogP contribution in [0, 0.1) is 5.92 Å². The van der Waals surface area contributed by atoms with E-state index in [1.807, 2.05) is 12.3 Å². The highest BCUT2D eigenvalue weighted by molar-refractivity contribution is 5.27. The van der Waals surface area contributed by atoms with E-state index in [9.17, 15) is 0 Å². The lowest BCUT2D eigenvalue weighted by atomic mass is 9.77. The van der Waals surface area contributed by atoms with Crippen molar-refractivity contribution in [2.24, 2.45) is 11.8 Å². The molecule has 1 aliphatic rings. The minimum absolute atomic E-state index is 0.342. The number of pyridine rings is 1. The average Bonchev–Trinajstić information content (AvgIpc) is 2.39. The summed E-state index contributed by atoms with van der Waals surface area (Å²) in [6.45, 7) is 4.49. The van der Waals surface area contributed by atoms with E-state index in [1.165, 1.54) is 24.1 Å². The Kier molecular flexibility index (Phi) is 4.13. The topological polar surface area (TPSA) is 50.9 Å². The van der Waals surface area contributed by atoms with Crippen molar-refractivity contribution < 1.29 is 0 Å². The van der Waals surface area contributed by atoms with Crippen molar-refractivity contribution >= 4 is 0 Å². The Bertz CT molecular complexity index is 364. The minimum atomic E-state index is 0.342. The molecular formula is C14H23N3. The van der Waals surface area contributed by atoms with Crippen LogP contribution in [0.5, 0.6) is 0 Å². The monoisotopic (exact) mass is 233 g/mol. The molecule has 0 aromatic carbocycles. The van der Waals surface area contributed by atoms with Gasteiger partial charge in [-0.2, -0.15) is 0 Å². The summed E-state index contributed by atoms with van der Waals surface area (Å²) in [7, 11) is 0. The minimum Gasteiger partial charge on any atom is -0.271 e. The second-order valence-electron chi connectivity index (χ2n) is 5.12. The highest BCUT2D eigenvalue weighted by Gasteiger charge is 2.30. The molecule has 3 atom stereocenters. The second-order valence-corrected chi connectivity index (χ2v) is 5.12. The van der Waals surface area contributed by atoms with Crippen molar-refractivity contribution in [2.45, 2.75) is 51.5 Å². The molecule has 94 valence electrons. The van der Waals surface area contributed by atoms with E-state index in [1.54, 1.807) is 0 Å². The van der Waals surface area contributed by atoms with E-state index in [2.05, 4.69) is 30.3 Å². The number of hydrazine groups is 1. The van der Waals surface area contributed by atoms with E-state index in [0.717, 1.165) is 12.8 Å². The fourth-order valence-corrected chi connectivity index (χ4v) is 2.93. The Morgan fingerprint density at radius 3 is 3.12 bits per heavy atom. The van der Waals surface area contributed by atoms with Gasteiger partial charge in [-0.15, -0.1) is 0 Å². The summed E-state index contributed by atoms with van der Waals surface area (Å²) in [6, 6.07) is 4.59.